The molecule has 2 atom stereocenters. The van der Waals surface area contributed by atoms with Gasteiger partial charge in [-0.3, -0.25) is 0 Å². The first-order valence-corrected chi connectivity index (χ1v) is 8.09. The molecule has 128 valence electrons. The Morgan fingerprint density at radius 1 is 1.08 bits per heavy atom. The minimum absolute atomic E-state index is 0.268. The van der Waals surface area contributed by atoms with Gasteiger partial charge in [-0.1, -0.05) is 54.1 Å². The molecule has 6 heteroatoms. The molecular formula is C18H21ClN2O3. The fraction of sp³-hybridized carbons (Fsp3) is 0.278. The Kier molecular flexibility index (Phi) is 7.06. The van der Waals surface area contributed by atoms with Crippen LogP contribution in [0.5, 0.6) is 0 Å². The molecule has 4 N–H and O–H groups in total. The molecule has 0 radical (unpaired) electrons. The van der Waals surface area contributed by atoms with Crippen molar-refractivity contribution >= 4 is 17.7 Å². The second-order valence-electron chi connectivity index (χ2n) is 5.57. The topological polar surface area (TPSA) is 81.6 Å². The molecule has 0 aliphatic carbocycles. The van der Waals surface area contributed by atoms with Gasteiger partial charge in [0.25, 0.3) is 0 Å². The summed E-state index contributed by atoms with van der Waals surface area (Å²) < 4.78 is 0. The van der Waals surface area contributed by atoms with Crippen molar-refractivity contribution in [1.82, 2.24) is 10.6 Å². The van der Waals surface area contributed by atoms with Crippen LogP contribution in [-0.4, -0.2) is 35.0 Å². The number of carboxylic acid groups (broad SMARTS) is 1. The van der Waals surface area contributed by atoms with E-state index in [1.807, 2.05) is 48.5 Å². The quantitative estimate of drug-likeness (QED) is 0.591. The predicted octanol–water partition coefficient (Wildman–Crippen LogP) is 2.67. The maximum absolute atomic E-state index is 11.0. The Morgan fingerprint density at radius 2 is 1.79 bits per heavy atom. The van der Waals surface area contributed by atoms with E-state index in [-0.39, 0.29) is 6.54 Å². The molecule has 0 heterocycles. The highest BCUT2D eigenvalue weighted by atomic mass is 35.5. The Morgan fingerprint density at radius 3 is 2.46 bits per heavy atom. The molecule has 0 aliphatic rings. The summed E-state index contributed by atoms with van der Waals surface area (Å²) >= 11 is 5.93. The second-order valence-corrected chi connectivity index (χ2v) is 6.01. The number of aliphatic hydroxyl groups is 1. The zero-order valence-electron chi connectivity index (χ0n) is 13.2. The van der Waals surface area contributed by atoms with Crippen molar-refractivity contribution < 1.29 is 15.0 Å². The van der Waals surface area contributed by atoms with Gasteiger partial charge in [-0.25, -0.2) is 4.79 Å². The van der Waals surface area contributed by atoms with Crippen molar-refractivity contribution in [1.29, 1.82) is 0 Å². The minimum Gasteiger partial charge on any atom is -0.465 e. The van der Waals surface area contributed by atoms with E-state index in [0.717, 1.165) is 11.1 Å². The molecule has 0 aromatic heterocycles. The fourth-order valence-corrected chi connectivity index (χ4v) is 2.68. The van der Waals surface area contributed by atoms with Crippen LogP contribution in [-0.2, 0) is 13.0 Å². The lowest BCUT2D eigenvalue weighted by atomic mass is 10.0. The van der Waals surface area contributed by atoms with Gasteiger partial charge in [0.1, 0.15) is 0 Å². The summed E-state index contributed by atoms with van der Waals surface area (Å²) in [5.74, 6) is 0. The number of hydrogen-bond acceptors (Lipinski definition) is 3. The van der Waals surface area contributed by atoms with Crippen LogP contribution in [0.1, 0.15) is 11.1 Å². The van der Waals surface area contributed by atoms with Gasteiger partial charge in [-0.2, -0.15) is 0 Å². The molecule has 0 saturated carbocycles. The van der Waals surface area contributed by atoms with Gasteiger partial charge in [0, 0.05) is 18.1 Å². The van der Waals surface area contributed by atoms with E-state index in [1.54, 1.807) is 6.07 Å². The van der Waals surface area contributed by atoms with Crippen molar-refractivity contribution in [2.75, 3.05) is 6.54 Å². The Hall–Kier alpha value is -2.08. The number of nitrogens with one attached hydrogen (secondary N) is 2. The summed E-state index contributed by atoms with van der Waals surface area (Å²) in [5, 5.41) is 25.5. The van der Waals surface area contributed by atoms with Crippen LogP contribution < -0.4 is 10.6 Å². The first-order chi connectivity index (χ1) is 11.5. The lowest BCUT2D eigenvalue weighted by Crippen LogP contribution is -2.48. The molecule has 2 rings (SSSR count). The number of amides is 1. The Bertz CT molecular complexity index is 652. The summed E-state index contributed by atoms with van der Waals surface area (Å²) in [5.41, 5.74) is 1.96. The first-order valence-electron chi connectivity index (χ1n) is 7.71. The number of hydrogen-bond donors (Lipinski definition) is 4. The van der Waals surface area contributed by atoms with E-state index in [4.69, 9.17) is 16.7 Å². The number of halogens is 1. The third kappa shape index (κ3) is 6.20. The lowest BCUT2D eigenvalue weighted by Gasteiger charge is -2.23. The summed E-state index contributed by atoms with van der Waals surface area (Å²) in [7, 11) is 0. The van der Waals surface area contributed by atoms with Gasteiger partial charge in [0.05, 0.1) is 12.1 Å². The molecule has 0 saturated heterocycles. The van der Waals surface area contributed by atoms with E-state index in [0.29, 0.717) is 18.0 Å². The number of carbonyl (C=O) groups is 1. The van der Waals surface area contributed by atoms with Crippen LogP contribution >= 0.6 is 11.6 Å². The zero-order chi connectivity index (χ0) is 17.4. The third-order valence-corrected chi connectivity index (χ3v) is 3.88. The number of aliphatic hydroxyl groups excluding tert-OH is 1. The Labute approximate surface area is 146 Å². The third-order valence-electron chi connectivity index (χ3n) is 3.64. The van der Waals surface area contributed by atoms with E-state index in [2.05, 4.69) is 10.6 Å². The fourth-order valence-electron chi connectivity index (χ4n) is 2.46. The molecule has 0 bridgehead atoms. The summed E-state index contributed by atoms with van der Waals surface area (Å²) in [6.07, 6.45) is -1.57. The van der Waals surface area contributed by atoms with Gasteiger partial charge in [-0.15, -0.1) is 0 Å². The molecule has 0 fully saturated rings. The van der Waals surface area contributed by atoms with Crippen LogP contribution in [0.25, 0.3) is 0 Å². The number of rotatable bonds is 8. The molecular weight excluding hydrogens is 328 g/mol. The van der Waals surface area contributed by atoms with Crippen molar-refractivity contribution in [3.05, 3.63) is 70.7 Å². The van der Waals surface area contributed by atoms with Crippen LogP contribution in [0, 0.1) is 0 Å². The summed E-state index contributed by atoms with van der Waals surface area (Å²) in [6.45, 7) is 0.813. The van der Waals surface area contributed by atoms with E-state index in [9.17, 15) is 9.90 Å². The first kappa shape index (κ1) is 18.3. The SMILES string of the molecule is O=C(O)N[C@@H](Cc1ccccc1)[C@@H](O)CNCc1cccc(Cl)c1. The van der Waals surface area contributed by atoms with E-state index >= 15 is 0 Å². The van der Waals surface area contributed by atoms with Crippen LogP contribution in [0.4, 0.5) is 4.79 Å². The van der Waals surface area contributed by atoms with Gasteiger partial charge >= 0.3 is 6.09 Å². The van der Waals surface area contributed by atoms with Crippen LogP contribution in [0.2, 0.25) is 5.02 Å². The molecule has 0 aliphatic heterocycles. The normalized spacial score (nSPS) is 13.2. The standard InChI is InChI=1S/C18H21ClN2O3/c19-15-8-4-7-14(9-15)11-20-12-17(22)16(21-18(23)24)10-13-5-2-1-3-6-13/h1-9,16-17,20-22H,10-12H2,(H,23,24)/t16-,17-/m0/s1. The predicted molar refractivity (Wildman–Crippen MR) is 94.3 cm³/mol. The van der Waals surface area contributed by atoms with Crippen LogP contribution in [0.15, 0.2) is 54.6 Å². The van der Waals surface area contributed by atoms with Gasteiger partial charge < -0.3 is 20.8 Å². The monoisotopic (exact) mass is 348 g/mol. The van der Waals surface area contributed by atoms with Gasteiger partial charge in [-0.05, 0) is 29.7 Å². The molecule has 2 aromatic carbocycles. The maximum Gasteiger partial charge on any atom is 0.404 e. The van der Waals surface area contributed by atoms with Crippen molar-refractivity contribution in [2.24, 2.45) is 0 Å². The molecule has 24 heavy (non-hydrogen) atoms. The minimum atomic E-state index is -1.15. The average Bonchev–Trinajstić information content (AvgIpc) is 2.55. The van der Waals surface area contributed by atoms with Crippen molar-refractivity contribution in [3.63, 3.8) is 0 Å². The Balaban J connectivity index is 1.89. The average molecular weight is 349 g/mol. The largest absolute Gasteiger partial charge is 0.465 e. The van der Waals surface area contributed by atoms with Crippen molar-refractivity contribution in [2.45, 2.75) is 25.1 Å². The number of benzene rings is 2. The summed E-state index contributed by atoms with van der Waals surface area (Å²) in [6, 6.07) is 16.3. The highest BCUT2D eigenvalue weighted by Gasteiger charge is 2.21. The highest BCUT2D eigenvalue weighted by molar-refractivity contribution is 6.30. The molecule has 0 spiro atoms. The highest BCUT2D eigenvalue weighted by Crippen LogP contribution is 2.10. The molecule has 5 nitrogen and oxygen atoms in total. The summed E-state index contributed by atoms with van der Waals surface area (Å²) in [4.78, 5) is 11.0. The van der Waals surface area contributed by atoms with Gasteiger partial charge in [0.2, 0.25) is 0 Å². The zero-order valence-corrected chi connectivity index (χ0v) is 13.9. The maximum atomic E-state index is 11.0. The van der Waals surface area contributed by atoms with Crippen molar-refractivity contribution in [3.8, 4) is 0 Å². The van der Waals surface area contributed by atoms with E-state index < -0.39 is 18.2 Å². The van der Waals surface area contributed by atoms with Gasteiger partial charge in [0.15, 0.2) is 0 Å². The molecule has 1 amide bonds. The molecule has 2 aromatic rings. The smallest absolute Gasteiger partial charge is 0.404 e. The molecule has 0 unspecified atom stereocenters. The lowest BCUT2D eigenvalue weighted by molar-refractivity contribution is 0.117. The van der Waals surface area contributed by atoms with Crippen LogP contribution in [0.3, 0.4) is 0 Å². The second kappa shape index (κ2) is 9.27. The van der Waals surface area contributed by atoms with E-state index in [1.165, 1.54) is 0 Å².